The molecule has 0 spiro atoms. The molecule has 92 valence electrons. The van der Waals surface area contributed by atoms with Crippen LogP contribution < -0.4 is 4.74 Å². The van der Waals surface area contributed by atoms with Crippen molar-refractivity contribution >= 4 is 34.6 Å². The third kappa shape index (κ3) is 3.25. The summed E-state index contributed by atoms with van der Waals surface area (Å²) in [5.41, 5.74) is -1.62. The maximum absolute atomic E-state index is 12.0. The van der Waals surface area contributed by atoms with Gasteiger partial charge < -0.3 is 4.74 Å². The fraction of sp³-hybridized carbons (Fsp3) is 0.143. The molecule has 1 aromatic heterocycles. The number of aldehydes is 1. The minimum Gasteiger partial charge on any atom is -0.403 e. The molecule has 0 N–H and O–H groups in total. The van der Waals surface area contributed by atoms with Crippen molar-refractivity contribution in [3.63, 3.8) is 0 Å². The van der Waals surface area contributed by atoms with Gasteiger partial charge in [-0.25, -0.2) is 4.98 Å². The van der Waals surface area contributed by atoms with Crippen LogP contribution in [0, 0.1) is 13.8 Å². The van der Waals surface area contributed by atoms with Crippen molar-refractivity contribution in [2.45, 2.75) is 6.36 Å². The Morgan fingerprint density at radius 1 is 1.53 bits per heavy atom. The SMILES string of the molecule is O=Cc1c(OC(F)(F)F)cnc(I)c1[N+](=O)[O-]. The molecule has 1 aromatic rings. The lowest BCUT2D eigenvalue weighted by Gasteiger charge is -2.10. The second kappa shape index (κ2) is 4.81. The molecule has 0 amide bonds. The average molecular weight is 362 g/mol. The Kier molecular flexibility index (Phi) is 3.85. The fourth-order valence-corrected chi connectivity index (χ4v) is 1.59. The Morgan fingerprint density at radius 3 is 2.53 bits per heavy atom. The number of hydrogen-bond acceptors (Lipinski definition) is 5. The summed E-state index contributed by atoms with van der Waals surface area (Å²) in [5.74, 6) is -1.00. The van der Waals surface area contributed by atoms with E-state index in [9.17, 15) is 28.1 Å². The first-order valence-electron chi connectivity index (χ1n) is 3.80. The second-order valence-electron chi connectivity index (χ2n) is 2.60. The minimum atomic E-state index is -5.06. The van der Waals surface area contributed by atoms with Gasteiger partial charge in [0.15, 0.2) is 15.7 Å². The van der Waals surface area contributed by atoms with Gasteiger partial charge in [0, 0.05) is 0 Å². The summed E-state index contributed by atoms with van der Waals surface area (Å²) >= 11 is 1.43. The van der Waals surface area contributed by atoms with Gasteiger partial charge in [0.25, 0.3) is 0 Å². The van der Waals surface area contributed by atoms with Crippen LogP contribution in [0.4, 0.5) is 18.9 Å². The largest absolute Gasteiger partial charge is 0.573 e. The summed E-state index contributed by atoms with van der Waals surface area (Å²) in [6, 6.07) is 0. The van der Waals surface area contributed by atoms with E-state index in [-0.39, 0.29) is 9.99 Å². The van der Waals surface area contributed by atoms with Crippen molar-refractivity contribution in [1.29, 1.82) is 0 Å². The molecule has 0 aromatic carbocycles. The summed E-state index contributed by atoms with van der Waals surface area (Å²) in [6.07, 6.45) is -4.53. The molecule has 0 atom stereocenters. The van der Waals surface area contributed by atoms with E-state index in [1.807, 2.05) is 0 Å². The van der Waals surface area contributed by atoms with Gasteiger partial charge in [0.1, 0.15) is 5.56 Å². The van der Waals surface area contributed by atoms with Gasteiger partial charge in [-0.1, -0.05) is 0 Å². The van der Waals surface area contributed by atoms with Gasteiger partial charge in [-0.15, -0.1) is 13.2 Å². The Labute approximate surface area is 105 Å². The Morgan fingerprint density at radius 2 is 2.12 bits per heavy atom. The standard InChI is InChI=1S/C7H2F3IN2O4/c8-7(9,10)17-4-1-12-6(11)5(13(15)16)3(4)2-14/h1-2H. The molecule has 1 rings (SSSR count). The molecule has 0 aliphatic rings. The number of nitrogens with zero attached hydrogens (tertiary/aromatic N) is 2. The fourth-order valence-electron chi connectivity index (χ4n) is 0.967. The van der Waals surface area contributed by atoms with Crippen LogP contribution in [0.3, 0.4) is 0 Å². The number of aromatic nitrogens is 1. The maximum Gasteiger partial charge on any atom is 0.573 e. The van der Waals surface area contributed by atoms with E-state index in [2.05, 4.69) is 9.72 Å². The van der Waals surface area contributed by atoms with Crippen LogP contribution >= 0.6 is 22.6 Å². The normalized spacial score (nSPS) is 11.1. The summed E-state index contributed by atoms with van der Waals surface area (Å²) in [4.78, 5) is 23.5. The van der Waals surface area contributed by atoms with Crippen LogP contribution in [0.15, 0.2) is 6.20 Å². The summed E-state index contributed by atoms with van der Waals surface area (Å²) in [5, 5.41) is 10.6. The molecule has 0 radical (unpaired) electrons. The van der Waals surface area contributed by atoms with Crippen molar-refractivity contribution in [2.75, 3.05) is 0 Å². The molecule has 0 aliphatic carbocycles. The predicted octanol–water partition coefficient (Wildman–Crippen LogP) is 2.31. The monoisotopic (exact) mass is 362 g/mol. The van der Waals surface area contributed by atoms with E-state index in [0.717, 1.165) is 0 Å². The van der Waals surface area contributed by atoms with Gasteiger partial charge in [0.2, 0.25) is 0 Å². The maximum atomic E-state index is 12.0. The number of pyridine rings is 1. The lowest BCUT2D eigenvalue weighted by molar-refractivity contribution is -0.386. The van der Waals surface area contributed by atoms with Crippen LogP contribution in [0.1, 0.15) is 10.4 Å². The number of carbonyl (C=O) groups excluding carboxylic acids is 1. The average Bonchev–Trinajstić information content (AvgIpc) is 2.17. The third-order valence-corrected chi connectivity index (χ3v) is 2.33. The highest BCUT2D eigenvalue weighted by molar-refractivity contribution is 14.1. The lowest BCUT2D eigenvalue weighted by atomic mass is 10.2. The number of halogens is 4. The van der Waals surface area contributed by atoms with E-state index in [1.165, 1.54) is 22.6 Å². The molecule has 10 heteroatoms. The molecule has 0 saturated heterocycles. The zero-order valence-electron chi connectivity index (χ0n) is 7.69. The van der Waals surface area contributed by atoms with Crippen molar-refractivity contribution in [3.8, 4) is 5.75 Å². The van der Waals surface area contributed by atoms with Crippen LogP contribution in [0.25, 0.3) is 0 Å². The van der Waals surface area contributed by atoms with Gasteiger partial charge in [0.05, 0.1) is 11.1 Å². The van der Waals surface area contributed by atoms with Crippen molar-refractivity contribution in [2.24, 2.45) is 0 Å². The first kappa shape index (κ1) is 13.6. The van der Waals surface area contributed by atoms with Crippen molar-refractivity contribution in [1.82, 2.24) is 4.98 Å². The highest BCUT2D eigenvalue weighted by Gasteiger charge is 2.35. The molecule has 0 saturated carbocycles. The summed E-state index contributed by atoms with van der Waals surface area (Å²) in [6.45, 7) is 0. The molecule has 17 heavy (non-hydrogen) atoms. The van der Waals surface area contributed by atoms with E-state index >= 15 is 0 Å². The van der Waals surface area contributed by atoms with Gasteiger partial charge in [-0.2, -0.15) is 0 Å². The summed E-state index contributed by atoms with van der Waals surface area (Å²) < 4.78 is 39.1. The Bertz CT molecular complexity index is 477. The Balaban J connectivity index is 3.38. The first-order valence-corrected chi connectivity index (χ1v) is 4.88. The van der Waals surface area contributed by atoms with Gasteiger partial charge in [-0.3, -0.25) is 14.9 Å². The van der Waals surface area contributed by atoms with E-state index in [0.29, 0.717) is 6.20 Å². The van der Waals surface area contributed by atoms with E-state index in [1.54, 1.807) is 0 Å². The smallest absolute Gasteiger partial charge is 0.403 e. The van der Waals surface area contributed by atoms with E-state index in [4.69, 9.17) is 0 Å². The van der Waals surface area contributed by atoms with Gasteiger partial charge >= 0.3 is 12.0 Å². The first-order chi connectivity index (χ1) is 7.76. The number of hydrogen-bond donors (Lipinski definition) is 0. The topological polar surface area (TPSA) is 82.3 Å². The minimum absolute atomic E-state index is 0.0803. The second-order valence-corrected chi connectivity index (χ2v) is 3.62. The molecule has 6 nitrogen and oxygen atoms in total. The molecular formula is C7H2F3IN2O4. The number of rotatable bonds is 3. The van der Waals surface area contributed by atoms with E-state index < -0.39 is 28.3 Å². The Hall–Kier alpha value is -1.46. The van der Waals surface area contributed by atoms with Crippen LogP contribution in [-0.4, -0.2) is 22.6 Å². The molecular weight excluding hydrogens is 360 g/mol. The highest BCUT2D eigenvalue weighted by atomic mass is 127. The quantitative estimate of drug-likeness (QED) is 0.271. The molecule has 0 fully saturated rings. The predicted molar refractivity (Wildman–Crippen MR) is 55.7 cm³/mol. The third-order valence-electron chi connectivity index (χ3n) is 1.54. The zero-order valence-corrected chi connectivity index (χ0v) is 9.85. The molecule has 0 bridgehead atoms. The van der Waals surface area contributed by atoms with Gasteiger partial charge in [-0.05, 0) is 22.6 Å². The number of alkyl halides is 3. The molecule has 0 aliphatic heterocycles. The van der Waals surface area contributed by atoms with Crippen LogP contribution in [-0.2, 0) is 0 Å². The van der Waals surface area contributed by atoms with Crippen LogP contribution in [0.5, 0.6) is 5.75 Å². The summed E-state index contributed by atoms with van der Waals surface area (Å²) in [7, 11) is 0. The number of carbonyl (C=O) groups is 1. The highest BCUT2D eigenvalue weighted by Crippen LogP contribution is 2.32. The number of nitro groups is 1. The van der Waals surface area contributed by atoms with Crippen LogP contribution in [0.2, 0.25) is 0 Å². The lowest BCUT2D eigenvalue weighted by Crippen LogP contribution is -2.19. The zero-order chi connectivity index (χ0) is 13.2. The molecule has 1 heterocycles. The van der Waals surface area contributed by atoms with Crippen molar-refractivity contribution < 1.29 is 27.6 Å². The van der Waals surface area contributed by atoms with Crippen molar-refractivity contribution in [3.05, 3.63) is 25.6 Å². The number of ether oxygens (including phenoxy) is 1. The molecule has 0 unspecified atom stereocenters.